The molecule has 19 heavy (non-hydrogen) atoms. The molecule has 0 atom stereocenters. The van der Waals surface area contributed by atoms with E-state index < -0.39 is 0 Å². The van der Waals surface area contributed by atoms with Crippen molar-refractivity contribution in [2.75, 3.05) is 6.54 Å². The van der Waals surface area contributed by atoms with E-state index in [9.17, 15) is 0 Å². The topological polar surface area (TPSA) is 16.1 Å². The summed E-state index contributed by atoms with van der Waals surface area (Å²) in [6.07, 6.45) is 0. The second-order valence-electron chi connectivity index (χ2n) is 5.91. The van der Waals surface area contributed by atoms with Crippen molar-refractivity contribution in [1.82, 2.24) is 9.88 Å². The second kappa shape index (κ2) is 6.16. The molecule has 1 aromatic heterocycles. The Bertz CT molecular complexity index is 532. The molecule has 0 N–H and O–H groups in total. The van der Waals surface area contributed by atoms with Gasteiger partial charge < -0.3 is 0 Å². The van der Waals surface area contributed by atoms with Gasteiger partial charge in [0.15, 0.2) is 0 Å². The number of hydrogen-bond donors (Lipinski definition) is 0. The zero-order valence-corrected chi connectivity index (χ0v) is 12.4. The lowest BCUT2D eigenvalue weighted by atomic mass is 10.1. The molecule has 2 nitrogen and oxygen atoms in total. The molecule has 0 radical (unpaired) electrons. The Morgan fingerprint density at radius 3 is 2.42 bits per heavy atom. The van der Waals surface area contributed by atoms with Crippen molar-refractivity contribution >= 4 is 10.9 Å². The first kappa shape index (κ1) is 14.0. The first-order valence-electron chi connectivity index (χ1n) is 7.15. The lowest BCUT2D eigenvalue weighted by Crippen LogP contribution is -2.33. The number of aromatic nitrogens is 1. The minimum absolute atomic E-state index is 0.552. The number of benzene rings is 1. The van der Waals surface area contributed by atoms with Gasteiger partial charge in [0, 0.05) is 24.5 Å². The van der Waals surface area contributed by atoms with E-state index in [1.165, 1.54) is 5.39 Å². The van der Waals surface area contributed by atoms with Gasteiger partial charge in [-0.1, -0.05) is 38.1 Å². The summed E-state index contributed by atoms with van der Waals surface area (Å²) in [6, 6.07) is 13.2. The molecule has 0 bridgehead atoms. The molecule has 0 saturated carbocycles. The van der Waals surface area contributed by atoms with Gasteiger partial charge in [0.05, 0.1) is 11.2 Å². The van der Waals surface area contributed by atoms with Crippen LogP contribution >= 0.6 is 0 Å². The Morgan fingerprint density at radius 1 is 1.00 bits per heavy atom. The number of rotatable bonds is 5. The Hall–Kier alpha value is -1.41. The molecule has 0 aliphatic carbocycles. The maximum atomic E-state index is 4.76. The minimum atomic E-state index is 0.552. The van der Waals surface area contributed by atoms with Crippen molar-refractivity contribution in [3.05, 3.63) is 42.1 Å². The Morgan fingerprint density at radius 2 is 1.74 bits per heavy atom. The Kier molecular flexibility index (Phi) is 4.54. The molecular weight excluding hydrogens is 232 g/mol. The molecule has 0 spiro atoms. The van der Waals surface area contributed by atoms with E-state index in [2.05, 4.69) is 62.9 Å². The van der Waals surface area contributed by atoms with Crippen LogP contribution in [0.3, 0.4) is 0 Å². The number of fused-ring (bicyclic) bond motifs is 1. The van der Waals surface area contributed by atoms with Gasteiger partial charge in [-0.2, -0.15) is 0 Å². The van der Waals surface area contributed by atoms with Gasteiger partial charge in [-0.15, -0.1) is 0 Å². The quantitative estimate of drug-likeness (QED) is 0.800. The van der Waals surface area contributed by atoms with Crippen LogP contribution in [-0.4, -0.2) is 22.5 Å². The zero-order chi connectivity index (χ0) is 13.8. The summed E-state index contributed by atoms with van der Waals surface area (Å²) in [5.41, 5.74) is 2.25. The van der Waals surface area contributed by atoms with Crippen molar-refractivity contribution in [3.63, 3.8) is 0 Å². The van der Waals surface area contributed by atoms with Gasteiger partial charge in [0.25, 0.3) is 0 Å². The number of hydrogen-bond acceptors (Lipinski definition) is 2. The van der Waals surface area contributed by atoms with Crippen LogP contribution in [0.15, 0.2) is 36.4 Å². The summed E-state index contributed by atoms with van der Waals surface area (Å²) >= 11 is 0. The molecule has 0 aliphatic heterocycles. The average molecular weight is 256 g/mol. The molecule has 2 rings (SSSR count). The third kappa shape index (κ3) is 3.77. The number of pyridine rings is 1. The fourth-order valence-corrected chi connectivity index (χ4v) is 2.33. The predicted octanol–water partition coefficient (Wildman–Crippen LogP) is 4.10. The molecule has 2 heteroatoms. The summed E-state index contributed by atoms with van der Waals surface area (Å²) in [6.45, 7) is 11.1. The summed E-state index contributed by atoms with van der Waals surface area (Å²) in [5.74, 6) is 0.683. The van der Waals surface area contributed by atoms with Gasteiger partial charge in [-0.25, -0.2) is 0 Å². The van der Waals surface area contributed by atoms with Crippen molar-refractivity contribution in [3.8, 4) is 0 Å². The van der Waals surface area contributed by atoms with Gasteiger partial charge in [-0.3, -0.25) is 9.88 Å². The normalized spacial score (nSPS) is 11.9. The highest BCUT2D eigenvalue weighted by Crippen LogP contribution is 2.14. The largest absolute Gasteiger partial charge is 0.295 e. The highest BCUT2D eigenvalue weighted by Gasteiger charge is 2.12. The molecule has 0 saturated heterocycles. The summed E-state index contributed by atoms with van der Waals surface area (Å²) in [7, 11) is 0. The first-order chi connectivity index (χ1) is 9.06. The monoisotopic (exact) mass is 256 g/mol. The summed E-state index contributed by atoms with van der Waals surface area (Å²) < 4.78 is 0. The second-order valence-corrected chi connectivity index (χ2v) is 5.91. The van der Waals surface area contributed by atoms with Crippen molar-refractivity contribution in [2.45, 2.75) is 40.3 Å². The molecule has 2 aromatic rings. The van der Waals surface area contributed by atoms with Crippen molar-refractivity contribution < 1.29 is 0 Å². The smallest absolute Gasteiger partial charge is 0.0705 e. The highest BCUT2D eigenvalue weighted by molar-refractivity contribution is 5.78. The highest BCUT2D eigenvalue weighted by atomic mass is 15.2. The van der Waals surface area contributed by atoms with Crippen LogP contribution in [0.1, 0.15) is 33.4 Å². The third-order valence-corrected chi connectivity index (χ3v) is 3.35. The molecule has 1 heterocycles. The molecule has 102 valence electrons. The van der Waals surface area contributed by atoms with Gasteiger partial charge in [0.2, 0.25) is 0 Å². The molecule has 0 aliphatic rings. The van der Waals surface area contributed by atoms with Crippen LogP contribution in [0, 0.1) is 5.92 Å². The summed E-state index contributed by atoms with van der Waals surface area (Å²) in [5, 5.41) is 1.21. The lowest BCUT2D eigenvalue weighted by Gasteiger charge is -2.27. The van der Waals surface area contributed by atoms with E-state index in [-0.39, 0.29) is 0 Å². The fourth-order valence-electron chi connectivity index (χ4n) is 2.33. The number of para-hydroxylation sites is 1. The zero-order valence-electron chi connectivity index (χ0n) is 12.4. The van der Waals surface area contributed by atoms with Crippen LogP contribution in [0.5, 0.6) is 0 Å². The van der Waals surface area contributed by atoms with Crippen LogP contribution in [0.4, 0.5) is 0 Å². The average Bonchev–Trinajstić information content (AvgIpc) is 2.37. The van der Waals surface area contributed by atoms with Crippen LogP contribution in [-0.2, 0) is 6.54 Å². The summed E-state index contributed by atoms with van der Waals surface area (Å²) in [4.78, 5) is 7.25. The standard InChI is InChI=1S/C17H24N2/c1-13(2)11-19(14(3)4)12-16-10-9-15-7-5-6-8-17(15)18-16/h5-10,13-14H,11-12H2,1-4H3. The van der Waals surface area contributed by atoms with E-state index in [0.29, 0.717) is 12.0 Å². The maximum absolute atomic E-state index is 4.76. The molecular formula is C17H24N2. The molecule has 0 amide bonds. The maximum Gasteiger partial charge on any atom is 0.0705 e. The first-order valence-corrected chi connectivity index (χ1v) is 7.15. The molecule has 0 unspecified atom stereocenters. The van der Waals surface area contributed by atoms with Crippen LogP contribution in [0.25, 0.3) is 10.9 Å². The van der Waals surface area contributed by atoms with Gasteiger partial charge >= 0.3 is 0 Å². The Labute approximate surface area is 116 Å². The van der Waals surface area contributed by atoms with Crippen molar-refractivity contribution in [2.24, 2.45) is 5.92 Å². The van der Waals surface area contributed by atoms with E-state index >= 15 is 0 Å². The third-order valence-electron chi connectivity index (χ3n) is 3.35. The van der Waals surface area contributed by atoms with E-state index in [0.717, 1.165) is 24.3 Å². The Balaban J connectivity index is 2.18. The van der Waals surface area contributed by atoms with Gasteiger partial charge in [0.1, 0.15) is 0 Å². The minimum Gasteiger partial charge on any atom is -0.295 e. The SMILES string of the molecule is CC(C)CN(Cc1ccc2ccccc2n1)C(C)C. The van der Waals surface area contributed by atoms with E-state index in [1.807, 2.05) is 6.07 Å². The number of nitrogens with zero attached hydrogens (tertiary/aromatic N) is 2. The van der Waals surface area contributed by atoms with Crippen LogP contribution in [0.2, 0.25) is 0 Å². The molecule has 1 aromatic carbocycles. The van der Waals surface area contributed by atoms with E-state index in [1.54, 1.807) is 0 Å². The fraction of sp³-hybridized carbons (Fsp3) is 0.471. The molecule has 0 fully saturated rings. The van der Waals surface area contributed by atoms with Crippen molar-refractivity contribution in [1.29, 1.82) is 0 Å². The van der Waals surface area contributed by atoms with E-state index in [4.69, 9.17) is 4.98 Å². The van der Waals surface area contributed by atoms with Gasteiger partial charge in [-0.05, 0) is 31.9 Å². The lowest BCUT2D eigenvalue weighted by molar-refractivity contribution is 0.187. The van der Waals surface area contributed by atoms with Crippen LogP contribution < -0.4 is 0 Å². The predicted molar refractivity (Wildman–Crippen MR) is 82.1 cm³/mol.